The topological polar surface area (TPSA) is 75.1 Å². The molecular weight excluding hydrogens is 376 g/mol. The number of aromatic nitrogens is 3. The molecule has 25 heavy (non-hydrogen) atoms. The third kappa shape index (κ3) is 5.13. The molecule has 130 valence electrons. The minimum Gasteiger partial charge on any atom is -0.304 e. The fourth-order valence-electron chi connectivity index (χ4n) is 2.08. The van der Waals surface area contributed by atoms with E-state index in [0.29, 0.717) is 10.3 Å². The number of hydrogen-bond acceptors (Lipinski definition) is 8. The van der Waals surface area contributed by atoms with E-state index in [1.807, 2.05) is 16.8 Å². The van der Waals surface area contributed by atoms with Gasteiger partial charge in [0.2, 0.25) is 5.13 Å². The van der Waals surface area contributed by atoms with Gasteiger partial charge in [0.25, 0.3) is 0 Å². The van der Waals surface area contributed by atoms with Crippen LogP contribution in [0, 0.1) is 0 Å². The lowest BCUT2D eigenvalue weighted by Crippen LogP contribution is -2.37. The summed E-state index contributed by atoms with van der Waals surface area (Å²) in [4.78, 5) is 16.7. The molecule has 2 N–H and O–H groups in total. The molecule has 0 bridgehead atoms. The average Bonchev–Trinajstić information content (AvgIpc) is 3.33. The second-order valence-corrected chi connectivity index (χ2v) is 7.19. The summed E-state index contributed by atoms with van der Waals surface area (Å²) in [6.45, 7) is 6.83. The molecule has 1 aliphatic rings. The van der Waals surface area contributed by atoms with E-state index in [-0.39, 0.29) is 0 Å². The molecule has 4 rings (SSSR count). The molecule has 0 atom stereocenters. The quantitative estimate of drug-likeness (QED) is 0.523. The van der Waals surface area contributed by atoms with Crippen LogP contribution in [-0.2, 0) is 0 Å². The summed E-state index contributed by atoms with van der Waals surface area (Å²) >= 11 is 8.76. The van der Waals surface area contributed by atoms with Crippen molar-refractivity contribution in [3.05, 3.63) is 34.2 Å². The van der Waals surface area contributed by atoms with Gasteiger partial charge in [-0.3, -0.25) is 0 Å². The van der Waals surface area contributed by atoms with Gasteiger partial charge in [-0.05, 0) is 38.4 Å². The molecule has 1 saturated heterocycles. The molecule has 6 nitrogen and oxygen atoms in total. The number of nitrogens with one attached hydrogen (secondary N) is 2. The molecule has 3 aromatic heterocycles. The van der Waals surface area contributed by atoms with Gasteiger partial charge in [-0.2, -0.15) is 0 Å². The lowest BCUT2D eigenvalue weighted by molar-refractivity contribution is 0.496. The van der Waals surface area contributed by atoms with E-state index in [1.165, 1.54) is 30.8 Å². The van der Waals surface area contributed by atoms with E-state index in [2.05, 4.69) is 37.3 Å². The zero-order valence-electron chi connectivity index (χ0n) is 13.4. The van der Waals surface area contributed by atoms with E-state index >= 15 is 0 Å². The molecule has 1 aliphatic heterocycles. The minimum atomic E-state index is 0.474. The van der Waals surface area contributed by atoms with Crippen LogP contribution in [0.15, 0.2) is 34.1 Å². The van der Waals surface area contributed by atoms with Gasteiger partial charge in [0.15, 0.2) is 0 Å². The Labute approximate surface area is 159 Å². The summed E-state index contributed by atoms with van der Waals surface area (Å²) in [5.74, 6) is 0. The van der Waals surface area contributed by atoms with Crippen molar-refractivity contribution in [2.45, 2.75) is 6.42 Å². The highest BCUT2D eigenvalue weighted by Gasteiger charge is 2.10. The average molecular weight is 393 g/mol. The standard InChI is InChI=1S/C12H7ClN4S2.C4H10N2/c1-14-12-17-9(6-19-12)8-5-18-11(16-8)7-2-3-10(13)15-4-7;1-2-5-4-6-3-1/h2-6H,1H2;5-6H,1-4H2. The Morgan fingerprint density at radius 2 is 1.84 bits per heavy atom. The van der Waals surface area contributed by atoms with Crippen molar-refractivity contribution in [3.8, 4) is 22.0 Å². The van der Waals surface area contributed by atoms with E-state index < -0.39 is 0 Å². The minimum absolute atomic E-state index is 0.474. The predicted molar refractivity (Wildman–Crippen MR) is 106 cm³/mol. The summed E-state index contributed by atoms with van der Waals surface area (Å²) < 4.78 is 0. The molecule has 0 unspecified atom stereocenters. The number of hydrogen-bond donors (Lipinski definition) is 2. The van der Waals surface area contributed by atoms with Crippen LogP contribution in [0.25, 0.3) is 22.0 Å². The third-order valence-electron chi connectivity index (χ3n) is 3.33. The second kappa shape index (κ2) is 9.12. The first-order valence-corrected chi connectivity index (χ1v) is 9.81. The zero-order chi connectivity index (χ0) is 17.5. The molecule has 1 fully saturated rings. The smallest absolute Gasteiger partial charge is 0.209 e. The molecular formula is C16H17ClN6S2. The number of pyridine rings is 1. The maximum absolute atomic E-state index is 5.77. The zero-order valence-corrected chi connectivity index (χ0v) is 15.8. The summed E-state index contributed by atoms with van der Waals surface area (Å²) in [5.41, 5.74) is 2.59. The van der Waals surface area contributed by atoms with E-state index in [4.69, 9.17) is 11.6 Å². The number of thiazole rings is 2. The van der Waals surface area contributed by atoms with E-state index in [0.717, 1.165) is 28.6 Å². The van der Waals surface area contributed by atoms with E-state index in [1.54, 1.807) is 23.6 Å². The van der Waals surface area contributed by atoms with Crippen molar-refractivity contribution >= 4 is 46.1 Å². The molecule has 0 amide bonds. The Morgan fingerprint density at radius 3 is 2.40 bits per heavy atom. The summed E-state index contributed by atoms with van der Waals surface area (Å²) in [7, 11) is 0. The summed E-state index contributed by atoms with van der Waals surface area (Å²) in [6, 6.07) is 3.65. The number of halogens is 1. The van der Waals surface area contributed by atoms with Gasteiger partial charge in [-0.25, -0.2) is 19.9 Å². The molecule has 0 aliphatic carbocycles. The lowest BCUT2D eigenvalue weighted by atomic mass is 10.3. The highest BCUT2D eigenvalue weighted by molar-refractivity contribution is 7.14. The summed E-state index contributed by atoms with van der Waals surface area (Å²) in [5, 5.41) is 12.2. The first-order chi connectivity index (χ1) is 12.3. The van der Waals surface area contributed by atoms with E-state index in [9.17, 15) is 0 Å². The number of rotatable bonds is 3. The van der Waals surface area contributed by atoms with Crippen molar-refractivity contribution < 1.29 is 0 Å². The Morgan fingerprint density at radius 1 is 1.08 bits per heavy atom. The van der Waals surface area contributed by atoms with Gasteiger partial charge >= 0.3 is 0 Å². The monoisotopic (exact) mass is 392 g/mol. The molecule has 0 aromatic carbocycles. The SMILES string of the molecule is C1CNCNC1.C=Nc1nc(-c2csc(-c3ccc(Cl)nc3)n2)cs1. The molecule has 0 spiro atoms. The number of nitrogens with zero attached hydrogens (tertiary/aromatic N) is 4. The molecule has 0 saturated carbocycles. The highest BCUT2D eigenvalue weighted by Crippen LogP contribution is 2.31. The largest absolute Gasteiger partial charge is 0.304 e. The maximum atomic E-state index is 5.77. The lowest BCUT2D eigenvalue weighted by Gasteiger charge is -2.11. The molecule has 4 heterocycles. The highest BCUT2D eigenvalue weighted by atomic mass is 35.5. The first kappa shape index (κ1) is 18.1. The van der Waals surface area contributed by atoms with Crippen molar-refractivity contribution in [1.82, 2.24) is 25.6 Å². The van der Waals surface area contributed by atoms with Gasteiger partial charge in [-0.15, -0.1) is 22.7 Å². The molecule has 3 aromatic rings. The number of aliphatic imine (C=N–C) groups is 1. The summed E-state index contributed by atoms with van der Waals surface area (Å²) in [6.07, 6.45) is 2.99. The van der Waals surface area contributed by atoms with Crippen LogP contribution in [0.5, 0.6) is 0 Å². The van der Waals surface area contributed by atoms with Gasteiger partial charge < -0.3 is 10.6 Å². The van der Waals surface area contributed by atoms with Crippen molar-refractivity contribution in [2.24, 2.45) is 4.99 Å². The Kier molecular flexibility index (Phi) is 6.60. The fraction of sp³-hybridized carbons (Fsp3) is 0.250. The van der Waals surface area contributed by atoms with Crippen LogP contribution in [0.2, 0.25) is 5.15 Å². The van der Waals surface area contributed by atoms with Crippen LogP contribution in [-0.4, -0.2) is 41.4 Å². The Bertz CT molecular complexity index is 799. The van der Waals surface area contributed by atoms with Gasteiger partial charge in [0.05, 0.1) is 0 Å². The molecule has 0 radical (unpaired) electrons. The normalized spacial score (nSPS) is 13.8. The van der Waals surface area contributed by atoms with Crippen LogP contribution in [0.1, 0.15) is 6.42 Å². The van der Waals surface area contributed by atoms with Gasteiger partial charge in [0, 0.05) is 29.2 Å². The van der Waals surface area contributed by atoms with Crippen molar-refractivity contribution in [2.75, 3.05) is 19.8 Å². The predicted octanol–water partition coefficient (Wildman–Crippen LogP) is 3.84. The first-order valence-electron chi connectivity index (χ1n) is 7.68. The van der Waals surface area contributed by atoms with Gasteiger partial charge in [-0.1, -0.05) is 11.6 Å². The van der Waals surface area contributed by atoms with Crippen molar-refractivity contribution in [3.63, 3.8) is 0 Å². The maximum Gasteiger partial charge on any atom is 0.209 e. The second-order valence-electron chi connectivity index (χ2n) is 5.11. The fourth-order valence-corrected chi connectivity index (χ4v) is 3.62. The van der Waals surface area contributed by atoms with Crippen LogP contribution in [0.4, 0.5) is 5.13 Å². The van der Waals surface area contributed by atoms with Crippen LogP contribution < -0.4 is 10.6 Å². The third-order valence-corrected chi connectivity index (χ3v) is 5.21. The van der Waals surface area contributed by atoms with Crippen LogP contribution in [0.3, 0.4) is 0 Å². The van der Waals surface area contributed by atoms with Gasteiger partial charge in [0.1, 0.15) is 21.5 Å². The Balaban J connectivity index is 0.000000258. The Hall–Kier alpha value is -1.71. The molecule has 9 heteroatoms. The van der Waals surface area contributed by atoms with Crippen molar-refractivity contribution in [1.29, 1.82) is 0 Å². The van der Waals surface area contributed by atoms with Crippen LogP contribution >= 0.6 is 34.3 Å².